The molecular formula is C12H8FNO5. The van der Waals surface area contributed by atoms with Crippen LogP contribution in [-0.4, -0.2) is 29.4 Å². The van der Waals surface area contributed by atoms with E-state index in [1.54, 1.807) is 0 Å². The van der Waals surface area contributed by atoms with E-state index >= 15 is 0 Å². The van der Waals surface area contributed by atoms with Crippen LogP contribution in [0.25, 0.3) is 11.3 Å². The molecule has 7 heteroatoms. The Hall–Kier alpha value is -2.57. The summed E-state index contributed by atoms with van der Waals surface area (Å²) in [5.41, 5.74) is -0.214. The molecule has 0 atom stereocenters. The zero-order valence-electron chi connectivity index (χ0n) is 9.55. The summed E-state index contributed by atoms with van der Waals surface area (Å²) in [6.45, 7) is 0.728. The fraction of sp³-hybridized carbons (Fsp3) is 0.167. The van der Waals surface area contributed by atoms with Gasteiger partial charge < -0.3 is 19.1 Å². The maximum atomic E-state index is 13.9. The third kappa shape index (κ3) is 1.99. The van der Waals surface area contributed by atoms with Gasteiger partial charge in [-0.25, -0.2) is 9.18 Å². The first kappa shape index (κ1) is 11.5. The molecule has 0 radical (unpaired) electrons. The van der Waals surface area contributed by atoms with Gasteiger partial charge in [0.15, 0.2) is 23.0 Å². The lowest BCUT2D eigenvalue weighted by Gasteiger charge is -2.18. The molecule has 0 fully saturated rings. The van der Waals surface area contributed by atoms with Crippen LogP contribution < -0.4 is 9.47 Å². The Labute approximate surface area is 106 Å². The van der Waals surface area contributed by atoms with Crippen molar-refractivity contribution in [2.24, 2.45) is 0 Å². The highest BCUT2D eigenvalue weighted by Crippen LogP contribution is 2.36. The summed E-state index contributed by atoms with van der Waals surface area (Å²) < 4.78 is 29.3. The first-order valence-corrected chi connectivity index (χ1v) is 5.44. The normalized spacial score (nSPS) is 13.3. The van der Waals surface area contributed by atoms with Crippen molar-refractivity contribution in [3.8, 4) is 22.8 Å². The number of fused-ring (bicyclic) bond motifs is 1. The third-order valence-electron chi connectivity index (χ3n) is 2.63. The maximum absolute atomic E-state index is 13.9. The highest BCUT2D eigenvalue weighted by molar-refractivity contribution is 5.86. The summed E-state index contributed by atoms with van der Waals surface area (Å²) >= 11 is 0. The van der Waals surface area contributed by atoms with Gasteiger partial charge in [-0.1, -0.05) is 5.16 Å². The van der Waals surface area contributed by atoms with Crippen molar-refractivity contribution in [1.29, 1.82) is 0 Å². The molecule has 0 spiro atoms. The molecule has 0 saturated carbocycles. The highest BCUT2D eigenvalue weighted by Gasteiger charge is 2.20. The first-order valence-electron chi connectivity index (χ1n) is 5.44. The van der Waals surface area contributed by atoms with Crippen molar-refractivity contribution < 1.29 is 28.3 Å². The Morgan fingerprint density at radius 2 is 1.89 bits per heavy atom. The number of aromatic carboxylic acids is 1. The largest absolute Gasteiger partial charge is 0.486 e. The molecule has 1 aliphatic rings. The van der Waals surface area contributed by atoms with Crippen LogP contribution in [0.5, 0.6) is 11.5 Å². The zero-order chi connectivity index (χ0) is 13.4. The van der Waals surface area contributed by atoms with Crippen molar-refractivity contribution >= 4 is 5.97 Å². The van der Waals surface area contributed by atoms with Crippen LogP contribution in [0.4, 0.5) is 4.39 Å². The van der Waals surface area contributed by atoms with Crippen LogP contribution in [0.2, 0.25) is 0 Å². The minimum Gasteiger partial charge on any atom is -0.486 e. The first-order chi connectivity index (χ1) is 9.15. The van der Waals surface area contributed by atoms with E-state index in [1.807, 2.05) is 0 Å². The quantitative estimate of drug-likeness (QED) is 0.893. The number of halogens is 1. The van der Waals surface area contributed by atoms with Crippen molar-refractivity contribution in [1.82, 2.24) is 5.16 Å². The topological polar surface area (TPSA) is 81.8 Å². The van der Waals surface area contributed by atoms with Crippen LogP contribution in [0.3, 0.4) is 0 Å². The number of benzene rings is 1. The average Bonchev–Trinajstić information content (AvgIpc) is 2.87. The minimum atomic E-state index is -1.24. The van der Waals surface area contributed by atoms with Gasteiger partial charge in [0.05, 0.1) is 5.56 Å². The second kappa shape index (κ2) is 4.27. The summed E-state index contributed by atoms with van der Waals surface area (Å²) in [5, 5.41) is 12.1. The van der Waals surface area contributed by atoms with Crippen molar-refractivity contribution in [2.75, 3.05) is 13.2 Å². The van der Waals surface area contributed by atoms with Gasteiger partial charge in [-0.3, -0.25) is 0 Å². The molecule has 1 aromatic heterocycles. The molecule has 2 heterocycles. The molecule has 2 aromatic rings. The van der Waals surface area contributed by atoms with E-state index in [0.717, 1.165) is 6.07 Å². The molecule has 19 heavy (non-hydrogen) atoms. The summed E-state index contributed by atoms with van der Waals surface area (Å²) in [7, 11) is 0. The van der Waals surface area contributed by atoms with Crippen molar-refractivity contribution in [3.05, 3.63) is 29.7 Å². The summed E-state index contributed by atoms with van der Waals surface area (Å²) in [5.74, 6) is -1.13. The molecular weight excluding hydrogens is 257 g/mol. The van der Waals surface area contributed by atoms with E-state index < -0.39 is 11.8 Å². The molecule has 98 valence electrons. The Kier molecular flexibility index (Phi) is 2.59. The van der Waals surface area contributed by atoms with Crippen molar-refractivity contribution in [2.45, 2.75) is 0 Å². The van der Waals surface area contributed by atoms with Crippen LogP contribution in [0.1, 0.15) is 10.5 Å². The number of nitrogens with zero attached hydrogens (tertiary/aromatic N) is 1. The smallest absolute Gasteiger partial charge is 0.358 e. The van der Waals surface area contributed by atoms with Crippen LogP contribution in [0, 0.1) is 5.82 Å². The summed E-state index contributed by atoms with van der Waals surface area (Å²) in [4.78, 5) is 10.7. The molecule has 1 aromatic carbocycles. The average molecular weight is 265 g/mol. The number of carboxylic acids is 1. The van der Waals surface area contributed by atoms with Crippen LogP contribution in [-0.2, 0) is 0 Å². The molecule has 3 rings (SSSR count). The fourth-order valence-corrected chi connectivity index (χ4v) is 1.76. The molecule has 0 unspecified atom stereocenters. The fourth-order valence-electron chi connectivity index (χ4n) is 1.76. The Bertz CT molecular complexity index is 652. The molecule has 6 nitrogen and oxygen atoms in total. The lowest BCUT2D eigenvalue weighted by Crippen LogP contribution is -2.15. The van der Waals surface area contributed by atoms with E-state index in [-0.39, 0.29) is 17.0 Å². The second-order valence-electron chi connectivity index (χ2n) is 3.86. The summed E-state index contributed by atoms with van der Waals surface area (Å²) in [6.07, 6.45) is 0. The van der Waals surface area contributed by atoms with Gasteiger partial charge in [0.25, 0.3) is 0 Å². The SMILES string of the molecule is O=C(O)c1cc(-c2cc3c(cc2F)OCCO3)on1. The predicted molar refractivity (Wildman–Crippen MR) is 59.8 cm³/mol. The van der Waals surface area contributed by atoms with E-state index in [1.165, 1.54) is 12.1 Å². The van der Waals surface area contributed by atoms with E-state index in [0.29, 0.717) is 24.7 Å². The number of carboxylic acid groups (broad SMARTS) is 1. The van der Waals surface area contributed by atoms with Crippen LogP contribution in [0.15, 0.2) is 22.7 Å². The Balaban J connectivity index is 2.06. The van der Waals surface area contributed by atoms with Gasteiger partial charge in [0.2, 0.25) is 0 Å². The lowest BCUT2D eigenvalue weighted by molar-refractivity contribution is 0.0686. The van der Waals surface area contributed by atoms with Gasteiger partial charge in [0, 0.05) is 12.1 Å². The van der Waals surface area contributed by atoms with Gasteiger partial charge in [-0.15, -0.1) is 0 Å². The van der Waals surface area contributed by atoms with Gasteiger partial charge in [0.1, 0.15) is 19.0 Å². The molecule has 1 aliphatic heterocycles. The van der Waals surface area contributed by atoms with Crippen LogP contribution >= 0.6 is 0 Å². The standard InChI is InChI=1S/C12H8FNO5/c13-7-4-11-10(17-1-2-18-11)3-6(7)9-5-8(12(15)16)14-19-9/h3-5H,1-2H2,(H,15,16). The molecule has 0 amide bonds. The third-order valence-corrected chi connectivity index (χ3v) is 2.63. The summed E-state index contributed by atoms with van der Waals surface area (Å²) in [6, 6.07) is 3.72. The second-order valence-corrected chi connectivity index (χ2v) is 3.86. The highest BCUT2D eigenvalue weighted by atomic mass is 19.1. The van der Waals surface area contributed by atoms with Gasteiger partial charge >= 0.3 is 5.97 Å². The maximum Gasteiger partial charge on any atom is 0.358 e. The predicted octanol–water partition coefficient (Wildman–Crippen LogP) is 1.95. The molecule has 0 bridgehead atoms. The number of carbonyl (C=O) groups is 1. The van der Waals surface area contributed by atoms with E-state index in [9.17, 15) is 9.18 Å². The van der Waals surface area contributed by atoms with E-state index in [4.69, 9.17) is 19.1 Å². The number of rotatable bonds is 2. The lowest BCUT2D eigenvalue weighted by atomic mass is 10.1. The molecule has 0 saturated heterocycles. The molecule has 1 N–H and O–H groups in total. The minimum absolute atomic E-state index is 0.0203. The zero-order valence-corrected chi connectivity index (χ0v) is 9.55. The number of hydrogen-bond acceptors (Lipinski definition) is 5. The number of hydrogen-bond donors (Lipinski definition) is 1. The Morgan fingerprint density at radius 1 is 1.21 bits per heavy atom. The molecule has 0 aliphatic carbocycles. The van der Waals surface area contributed by atoms with Gasteiger partial charge in [-0.05, 0) is 6.07 Å². The Morgan fingerprint density at radius 3 is 2.53 bits per heavy atom. The van der Waals surface area contributed by atoms with Crippen molar-refractivity contribution in [3.63, 3.8) is 0 Å². The van der Waals surface area contributed by atoms with E-state index in [2.05, 4.69) is 5.16 Å². The van der Waals surface area contributed by atoms with Gasteiger partial charge in [-0.2, -0.15) is 0 Å². The number of ether oxygens (including phenoxy) is 2. The monoisotopic (exact) mass is 265 g/mol. The number of aromatic nitrogens is 1.